The molecule has 9 nitrogen and oxygen atoms in total. The summed E-state index contributed by atoms with van der Waals surface area (Å²) in [5.41, 5.74) is 1.42. The number of carboxylic acid groups (broad SMARTS) is 1. The monoisotopic (exact) mass is 642 g/mol. The third kappa shape index (κ3) is 10.3. The molecule has 0 saturated carbocycles. The van der Waals surface area contributed by atoms with E-state index in [1.165, 1.54) is 41.6 Å². The smallest absolute Gasteiger partial charge is 0.313 e. The molecule has 0 bridgehead atoms. The van der Waals surface area contributed by atoms with Crippen LogP contribution in [0.3, 0.4) is 0 Å². The molecule has 3 rings (SSSR count). The van der Waals surface area contributed by atoms with E-state index < -0.39 is 11.3 Å². The second kappa shape index (κ2) is 16.4. The van der Waals surface area contributed by atoms with Gasteiger partial charge in [0.15, 0.2) is 8.68 Å². The number of allylic oxidation sites excluding steroid dienone is 7. The average molecular weight is 644 g/mol. The minimum absolute atomic E-state index is 0.0709. The molecule has 4 N–H and O–H groups in total. The highest BCUT2D eigenvalue weighted by atomic mass is 35.5. The molecular weight excluding hydrogens is 618 g/mol. The molecule has 0 saturated heterocycles. The number of hydrogen-bond acceptors (Lipinski definition) is 10. The largest absolute Gasteiger partial charge is 0.481 e. The van der Waals surface area contributed by atoms with Crippen molar-refractivity contribution in [3.8, 4) is 0 Å². The summed E-state index contributed by atoms with van der Waals surface area (Å²) in [7, 11) is 0. The van der Waals surface area contributed by atoms with Crippen LogP contribution in [0.5, 0.6) is 0 Å². The van der Waals surface area contributed by atoms with E-state index in [1.807, 2.05) is 19.1 Å². The first-order valence-corrected chi connectivity index (χ1v) is 15.3. The number of alkyl halides is 1. The number of aliphatic imine (C=N–C) groups is 1. The van der Waals surface area contributed by atoms with E-state index in [0.29, 0.717) is 37.2 Å². The molecule has 2 heterocycles. The van der Waals surface area contributed by atoms with Gasteiger partial charge in [0.25, 0.3) is 0 Å². The normalized spacial score (nSPS) is 22.1. The van der Waals surface area contributed by atoms with Crippen LogP contribution in [0.2, 0.25) is 0 Å². The van der Waals surface area contributed by atoms with Crippen LogP contribution >= 0.6 is 58.1 Å². The number of nitrogens with zero attached hydrogens (tertiary/aromatic N) is 3. The predicted molar refractivity (Wildman–Crippen MR) is 161 cm³/mol. The van der Waals surface area contributed by atoms with Crippen molar-refractivity contribution in [3.63, 3.8) is 0 Å². The first-order chi connectivity index (χ1) is 19.3. The van der Waals surface area contributed by atoms with Crippen molar-refractivity contribution in [1.82, 2.24) is 26.1 Å². The summed E-state index contributed by atoms with van der Waals surface area (Å²) in [5.74, 6) is -1.31. The number of amidine groups is 1. The quantitative estimate of drug-likeness (QED) is 0.191. The molecular formula is C25H25Cl2FN6O3S3. The molecule has 1 amide bonds. The van der Waals surface area contributed by atoms with E-state index >= 15 is 4.39 Å². The van der Waals surface area contributed by atoms with E-state index in [-0.39, 0.29) is 35.4 Å². The Hall–Kier alpha value is -2.84. The fraction of sp³-hybridized carbons (Fsp3) is 0.240. The summed E-state index contributed by atoms with van der Waals surface area (Å²) in [6.45, 7) is 1.85. The van der Waals surface area contributed by atoms with E-state index in [1.54, 1.807) is 24.4 Å². The van der Waals surface area contributed by atoms with Gasteiger partial charge in [0.2, 0.25) is 5.91 Å². The number of carboxylic acids is 1. The van der Waals surface area contributed by atoms with Crippen molar-refractivity contribution < 1.29 is 19.1 Å². The minimum Gasteiger partial charge on any atom is -0.481 e. The lowest BCUT2D eigenvalue weighted by atomic mass is 10.1. The highest BCUT2D eigenvalue weighted by Gasteiger charge is 2.16. The lowest BCUT2D eigenvalue weighted by molar-refractivity contribution is -0.133. The zero-order valence-electron chi connectivity index (χ0n) is 21.1. The van der Waals surface area contributed by atoms with E-state index in [0.717, 1.165) is 11.8 Å². The second-order valence-corrected chi connectivity index (χ2v) is 12.1. The number of hydrogen-bond donors (Lipinski definition) is 4. The first kappa shape index (κ1) is 31.7. The number of nitrogens with one attached hydrogen (secondary N) is 3. The molecule has 1 aromatic heterocycles. The molecule has 1 aromatic rings. The van der Waals surface area contributed by atoms with Crippen LogP contribution in [0.25, 0.3) is 0 Å². The second-order valence-electron chi connectivity index (χ2n) is 7.80. The maximum Gasteiger partial charge on any atom is 0.313 e. The van der Waals surface area contributed by atoms with E-state index in [4.69, 9.17) is 28.3 Å². The Balaban J connectivity index is 1.70. The van der Waals surface area contributed by atoms with Crippen molar-refractivity contribution in [2.24, 2.45) is 4.99 Å². The van der Waals surface area contributed by atoms with Gasteiger partial charge in [-0.1, -0.05) is 64.7 Å². The Morgan fingerprint density at radius 3 is 2.75 bits per heavy atom. The van der Waals surface area contributed by atoms with Gasteiger partial charge in [0, 0.05) is 41.3 Å². The lowest BCUT2D eigenvalue weighted by Crippen LogP contribution is -2.26. The topological polar surface area (TPSA) is 129 Å². The van der Waals surface area contributed by atoms with Gasteiger partial charge < -0.3 is 21.1 Å². The molecule has 1 aliphatic carbocycles. The Kier molecular flexibility index (Phi) is 13.0. The summed E-state index contributed by atoms with van der Waals surface area (Å²) in [5, 5.41) is 25.4. The van der Waals surface area contributed by atoms with Gasteiger partial charge in [-0.2, -0.15) is 0 Å². The molecule has 212 valence electrons. The molecule has 1 aliphatic heterocycles. The Bertz CT molecular complexity index is 1350. The predicted octanol–water partition coefficient (Wildman–Crippen LogP) is 5.59. The Morgan fingerprint density at radius 2 is 2.02 bits per heavy atom. The Labute approximate surface area is 253 Å². The number of aliphatic carboxylic acids is 1. The molecule has 0 radical (unpaired) electrons. The van der Waals surface area contributed by atoms with Crippen molar-refractivity contribution in [2.45, 2.75) is 33.8 Å². The number of thioether (sulfide) groups is 2. The van der Waals surface area contributed by atoms with Crippen molar-refractivity contribution >= 4 is 75.8 Å². The minimum atomic E-state index is -0.944. The van der Waals surface area contributed by atoms with Crippen LogP contribution < -0.4 is 16.0 Å². The van der Waals surface area contributed by atoms with Crippen LogP contribution in [-0.4, -0.2) is 49.9 Å². The Morgan fingerprint density at radius 1 is 1.27 bits per heavy atom. The van der Waals surface area contributed by atoms with Gasteiger partial charge in [-0.3, -0.25) is 9.59 Å². The van der Waals surface area contributed by atoms with E-state index in [9.17, 15) is 9.59 Å². The summed E-state index contributed by atoms with van der Waals surface area (Å²) >= 11 is 15.9. The third-order valence-corrected chi connectivity index (χ3v) is 8.92. The van der Waals surface area contributed by atoms with Crippen LogP contribution in [0.4, 0.5) is 4.39 Å². The SMILES string of the molecule is C/C=C\C1=C(/C=C/NC(=O)CSc2nnc(SCC(=O)O)s2)C(NC2=C(\F)CC/C=C(/Cl)C(Cl)\C=C\2)=NC=CN1. The van der Waals surface area contributed by atoms with Crippen molar-refractivity contribution in [3.05, 3.63) is 82.9 Å². The van der Waals surface area contributed by atoms with Gasteiger partial charge >= 0.3 is 5.97 Å². The number of halogens is 3. The highest BCUT2D eigenvalue weighted by Crippen LogP contribution is 2.28. The highest BCUT2D eigenvalue weighted by molar-refractivity contribution is 8.03. The first-order valence-electron chi connectivity index (χ1n) is 11.7. The number of rotatable bonds is 10. The van der Waals surface area contributed by atoms with Gasteiger partial charge in [-0.25, -0.2) is 9.38 Å². The third-order valence-electron chi connectivity index (χ3n) is 4.87. The summed E-state index contributed by atoms with van der Waals surface area (Å²) in [4.78, 5) is 27.6. The molecule has 1 unspecified atom stereocenters. The summed E-state index contributed by atoms with van der Waals surface area (Å²) in [6.07, 6.45) is 15.3. The van der Waals surface area contributed by atoms with Crippen molar-refractivity contribution in [1.29, 1.82) is 0 Å². The standard InChI is InChI=1S/C25H25Cl2FN6O3S3/c1-2-4-19-15(9-10-30-21(35)13-38-24-33-34-25(40-24)39-14-22(36)37)23(31-12-11-29-19)32-20-8-7-17(27)16(26)5-3-6-18(20)28/h2,4-5,7-12,17,29H,3,6,13-14H2,1H3,(H,30,35)(H,31,32)(H,36,37)/b4-2-,8-7+,10-9+,16-5+,20-18-. The van der Waals surface area contributed by atoms with Crippen LogP contribution in [0, 0.1) is 0 Å². The van der Waals surface area contributed by atoms with Gasteiger partial charge in [0.1, 0.15) is 11.7 Å². The molecule has 0 fully saturated rings. The van der Waals surface area contributed by atoms with E-state index in [2.05, 4.69) is 31.1 Å². The fourth-order valence-electron chi connectivity index (χ4n) is 3.09. The maximum absolute atomic E-state index is 15.0. The van der Waals surface area contributed by atoms with Crippen LogP contribution in [0.1, 0.15) is 19.8 Å². The summed E-state index contributed by atoms with van der Waals surface area (Å²) < 4.78 is 16.1. The number of carbonyl (C=O) groups is 2. The average Bonchev–Trinajstić information content (AvgIpc) is 3.32. The van der Waals surface area contributed by atoms with Crippen LogP contribution in [0.15, 0.2) is 96.6 Å². The molecule has 0 spiro atoms. The maximum atomic E-state index is 15.0. The summed E-state index contributed by atoms with van der Waals surface area (Å²) in [6, 6.07) is 0. The van der Waals surface area contributed by atoms with Crippen LogP contribution in [-0.2, 0) is 9.59 Å². The number of amides is 1. The van der Waals surface area contributed by atoms with Gasteiger partial charge in [-0.05, 0) is 31.6 Å². The molecule has 1 atom stereocenters. The van der Waals surface area contributed by atoms with Gasteiger partial charge in [-0.15, -0.1) is 21.8 Å². The molecule has 2 aliphatic rings. The van der Waals surface area contributed by atoms with Gasteiger partial charge in [0.05, 0.1) is 22.6 Å². The molecule has 15 heteroatoms. The number of aromatic nitrogens is 2. The molecule has 0 aromatic carbocycles. The zero-order chi connectivity index (χ0) is 28.9. The lowest BCUT2D eigenvalue weighted by Gasteiger charge is -2.14. The fourth-order valence-corrected chi connectivity index (χ4v) is 5.99. The number of carbonyl (C=O) groups excluding carboxylic acids is 1. The zero-order valence-corrected chi connectivity index (χ0v) is 25.0. The molecule has 40 heavy (non-hydrogen) atoms. The van der Waals surface area contributed by atoms with Crippen molar-refractivity contribution in [2.75, 3.05) is 11.5 Å².